The van der Waals surface area contributed by atoms with Crippen LogP contribution in [0.3, 0.4) is 0 Å². The molecule has 0 radical (unpaired) electrons. The number of benzene rings is 1. The smallest absolute Gasteiger partial charge is 0.0247 e. The molecule has 1 saturated carbocycles. The van der Waals surface area contributed by atoms with E-state index in [0.717, 1.165) is 12.8 Å². The Morgan fingerprint density at radius 3 is 2.47 bits per heavy atom. The summed E-state index contributed by atoms with van der Waals surface area (Å²) in [7, 11) is 0. The molecule has 0 heterocycles. The molecule has 1 atom stereocenters. The van der Waals surface area contributed by atoms with Crippen molar-refractivity contribution in [2.75, 3.05) is 0 Å². The zero-order valence-electron chi connectivity index (χ0n) is 11.6. The lowest BCUT2D eigenvalue weighted by molar-refractivity contribution is 0.207. The van der Waals surface area contributed by atoms with Gasteiger partial charge >= 0.3 is 0 Å². The van der Waals surface area contributed by atoms with Crippen molar-refractivity contribution < 1.29 is 0 Å². The molecule has 1 nitrogen and oxygen atoms in total. The zero-order chi connectivity index (χ0) is 12.7. The predicted octanol–water partition coefficient (Wildman–Crippen LogP) is 3.75. The van der Waals surface area contributed by atoms with Crippen LogP contribution in [0, 0.1) is 19.3 Å². The number of hydrogen-bond donors (Lipinski definition) is 1. The molecule has 2 N–H and O–H groups in total. The molecule has 1 aliphatic rings. The fourth-order valence-electron chi connectivity index (χ4n) is 3.09. The maximum absolute atomic E-state index is 6.69. The fourth-order valence-corrected chi connectivity index (χ4v) is 3.09. The number of aryl methyl sites for hydroxylation is 2. The second-order valence-electron chi connectivity index (χ2n) is 6.50. The van der Waals surface area contributed by atoms with Crippen molar-refractivity contribution in [2.24, 2.45) is 11.1 Å². The average Bonchev–Trinajstić information content (AvgIpc) is 2.47. The number of nitrogens with two attached hydrogens (primary N) is 1. The molecule has 1 unspecified atom stereocenters. The van der Waals surface area contributed by atoms with E-state index in [1.54, 1.807) is 0 Å². The highest BCUT2D eigenvalue weighted by Crippen LogP contribution is 2.46. The van der Waals surface area contributed by atoms with Crippen LogP contribution in [0.25, 0.3) is 0 Å². The second kappa shape index (κ2) is 4.13. The Balaban J connectivity index is 2.29. The predicted molar refractivity (Wildman–Crippen MR) is 74.2 cm³/mol. The maximum atomic E-state index is 6.69. The van der Waals surface area contributed by atoms with Gasteiger partial charge in [0, 0.05) is 5.54 Å². The van der Waals surface area contributed by atoms with Gasteiger partial charge in [0.05, 0.1) is 0 Å². The zero-order valence-corrected chi connectivity index (χ0v) is 11.6. The van der Waals surface area contributed by atoms with E-state index >= 15 is 0 Å². The lowest BCUT2D eigenvalue weighted by Crippen LogP contribution is -2.50. The van der Waals surface area contributed by atoms with Crippen molar-refractivity contribution in [3.8, 4) is 0 Å². The SMILES string of the molecule is Cc1ccc(C)c(CC2(N)CCCC2(C)C)c1. The van der Waals surface area contributed by atoms with E-state index in [1.165, 1.54) is 29.5 Å². The van der Waals surface area contributed by atoms with Crippen molar-refractivity contribution in [1.82, 2.24) is 0 Å². The Kier molecular flexibility index (Phi) is 3.07. The number of rotatable bonds is 2. The molecule has 1 heteroatoms. The van der Waals surface area contributed by atoms with Crippen LogP contribution in [-0.2, 0) is 6.42 Å². The molecule has 2 rings (SSSR count). The second-order valence-corrected chi connectivity index (χ2v) is 6.50. The summed E-state index contributed by atoms with van der Waals surface area (Å²) in [5.74, 6) is 0. The van der Waals surface area contributed by atoms with Crippen LogP contribution in [-0.4, -0.2) is 5.54 Å². The molecule has 0 aromatic heterocycles. The largest absolute Gasteiger partial charge is 0.324 e. The Morgan fingerprint density at radius 1 is 1.18 bits per heavy atom. The average molecular weight is 231 g/mol. The summed E-state index contributed by atoms with van der Waals surface area (Å²) in [6.07, 6.45) is 4.71. The summed E-state index contributed by atoms with van der Waals surface area (Å²) >= 11 is 0. The van der Waals surface area contributed by atoms with E-state index in [2.05, 4.69) is 45.9 Å². The van der Waals surface area contributed by atoms with Gasteiger partial charge in [0.2, 0.25) is 0 Å². The third kappa shape index (κ3) is 2.26. The maximum Gasteiger partial charge on any atom is 0.0247 e. The molecule has 17 heavy (non-hydrogen) atoms. The van der Waals surface area contributed by atoms with Crippen LogP contribution in [0.1, 0.15) is 49.8 Å². The summed E-state index contributed by atoms with van der Waals surface area (Å²) in [5, 5.41) is 0. The first-order valence-electron chi connectivity index (χ1n) is 6.69. The minimum atomic E-state index is -0.0223. The van der Waals surface area contributed by atoms with Gasteiger partial charge in [0.25, 0.3) is 0 Å². The third-order valence-electron chi connectivity index (χ3n) is 4.78. The highest BCUT2D eigenvalue weighted by atomic mass is 14.8. The van der Waals surface area contributed by atoms with Crippen molar-refractivity contribution >= 4 is 0 Å². The van der Waals surface area contributed by atoms with Crippen molar-refractivity contribution in [1.29, 1.82) is 0 Å². The van der Waals surface area contributed by atoms with Crippen molar-refractivity contribution in [2.45, 2.75) is 58.9 Å². The molecule has 1 aromatic carbocycles. The molecule has 0 spiro atoms. The Morgan fingerprint density at radius 2 is 1.88 bits per heavy atom. The first-order chi connectivity index (χ1) is 7.84. The molecule has 0 saturated heterocycles. The first-order valence-corrected chi connectivity index (χ1v) is 6.69. The van der Waals surface area contributed by atoms with Gasteiger partial charge < -0.3 is 5.73 Å². The molecule has 1 aliphatic carbocycles. The van der Waals surface area contributed by atoms with Gasteiger partial charge in [-0.1, -0.05) is 44.0 Å². The minimum Gasteiger partial charge on any atom is -0.324 e. The van der Waals surface area contributed by atoms with E-state index in [1.807, 2.05) is 0 Å². The molecule has 1 fully saturated rings. The Labute approximate surface area is 105 Å². The van der Waals surface area contributed by atoms with Gasteiger partial charge in [-0.25, -0.2) is 0 Å². The molecule has 0 amide bonds. The summed E-state index contributed by atoms with van der Waals surface area (Å²) in [6.45, 7) is 9.00. The standard InChI is InChI=1S/C16H25N/c1-12-6-7-13(2)14(10-12)11-16(17)9-5-8-15(16,3)4/h6-7,10H,5,8-9,11,17H2,1-4H3. The minimum absolute atomic E-state index is 0.0223. The highest BCUT2D eigenvalue weighted by Gasteiger charge is 2.45. The Bertz CT molecular complexity index is 420. The van der Waals surface area contributed by atoms with E-state index in [-0.39, 0.29) is 11.0 Å². The van der Waals surface area contributed by atoms with Crippen LogP contribution in [0.15, 0.2) is 18.2 Å². The summed E-state index contributed by atoms with van der Waals surface area (Å²) in [5.41, 5.74) is 11.1. The molecular weight excluding hydrogens is 206 g/mol. The van der Waals surface area contributed by atoms with Gasteiger partial charge in [-0.3, -0.25) is 0 Å². The van der Waals surface area contributed by atoms with E-state index in [4.69, 9.17) is 5.73 Å². The molecule has 94 valence electrons. The van der Waals surface area contributed by atoms with E-state index in [9.17, 15) is 0 Å². The van der Waals surface area contributed by atoms with Gasteiger partial charge in [-0.15, -0.1) is 0 Å². The van der Waals surface area contributed by atoms with Crippen LogP contribution in [0.4, 0.5) is 0 Å². The van der Waals surface area contributed by atoms with Gasteiger partial charge in [-0.05, 0) is 49.7 Å². The molecule has 1 aromatic rings. The van der Waals surface area contributed by atoms with Gasteiger partial charge in [-0.2, -0.15) is 0 Å². The van der Waals surface area contributed by atoms with Gasteiger partial charge in [0.15, 0.2) is 0 Å². The first kappa shape index (κ1) is 12.6. The molecule has 0 bridgehead atoms. The summed E-state index contributed by atoms with van der Waals surface area (Å²) in [6, 6.07) is 6.70. The van der Waals surface area contributed by atoms with Crippen LogP contribution in [0.2, 0.25) is 0 Å². The molecular formula is C16H25N. The quantitative estimate of drug-likeness (QED) is 0.824. The van der Waals surface area contributed by atoms with E-state index < -0.39 is 0 Å². The number of hydrogen-bond acceptors (Lipinski definition) is 1. The normalized spacial score (nSPS) is 27.4. The Hall–Kier alpha value is -0.820. The lowest BCUT2D eigenvalue weighted by atomic mass is 9.72. The highest BCUT2D eigenvalue weighted by molar-refractivity contribution is 5.32. The fraction of sp³-hybridized carbons (Fsp3) is 0.625. The van der Waals surface area contributed by atoms with Crippen LogP contribution < -0.4 is 5.73 Å². The third-order valence-corrected chi connectivity index (χ3v) is 4.78. The summed E-state index contributed by atoms with van der Waals surface area (Å²) in [4.78, 5) is 0. The molecule has 0 aliphatic heterocycles. The topological polar surface area (TPSA) is 26.0 Å². The monoisotopic (exact) mass is 231 g/mol. The lowest BCUT2D eigenvalue weighted by Gasteiger charge is -2.39. The van der Waals surface area contributed by atoms with Crippen LogP contribution in [0.5, 0.6) is 0 Å². The summed E-state index contributed by atoms with van der Waals surface area (Å²) < 4.78 is 0. The van der Waals surface area contributed by atoms with Gasteiger partial charge in [0.1, 0.15) is 0 Å². The van der Waals surface area contributed by atoms with Crippen molar-refractivity contribution in [3.05, 3.63) is 34.9 Å². The van der Waals surface area contributed by atoms with Crippen LogP contribution >= 0.6 is 0 Å². The van der Waals surface area contributed by atoms with Crippen molar-refractivity contribution in [3.63, 3.8) is 0 Å². The van der Waals surface area contributed by atoms with E-state index in [0.29, 0.717) is 0 Å².